The van der Waals surface area contributed by atoms with E-state index in [0.717, 1.165) is 27.6 Å². The topological polar surface area (TPSA) is 89.4 Å². The first-order valence-corrected chi connectivity index (χ1v) is 15.5. The van der Waals surface area contributed by atoms with Crippen molar-refractivity contribution in [2.24, 2.45) is 4.99 Å². The van der Waals surface area contributed by atoms with Gasteiger partial charge >= 0.3 is 5.97 Å². The average molecular weight is 601 g/mol. The Kier molecular flexibility index (Phi) is 7.90. The molecule has 220 valence electrons. The van der Waals surface area contributed by atoms with Crippen LogP contribution < -0.4 is 14.9 Å². The summed E-state index contributed by atoms with van der Waals surface area (Å²) in [4.78, 5) is 32.7. The van der Waals surface area contributed by atoms with Crippen molar-refractivity contribution in [3.05, 3.63) is 138 Å². The highest BCUT2D eigenvalue weighted by Gasteiger charge is 2.33. The predicted molar refractivity (Wildman–Crippen MR) is 173 cm³/mol. The van der Waals surface area contributed by atoms with Gasteiger partial charge in [0, 0.05) is 29.2 Å². The van der Waals surface area contributed by atoms with Gasteiger partial charge in [-0.1, -0.05) is 85.8 Å². The molecular formula is C36H32N4O3S. The van der Waals surface area contributed by atoms with Gasteiger partial charge in [0.05, 0.1) is 40.1 Å². The molecule has 2 aromatic heterocycles. The van der Waals surface area contributed by atoms with Gasteiger partial charge in [-0.3, -0.25) is 9.36 Å². The maximum atomic E-state index is 14.2. The zero-order chi connectivity index (χ0) is 31.0. The summed E-state index contributed by atoms with van der Waals surface area (Å²) in [5, 5.41) is 10.6. The number of para-hydroxylation sites is 1. The van der Waals surface area contributed by atoms with Crippen molar-refractivity contribution in [2.75, 3.05) is 6.61 Å². The van der Waals surface area contributed by atoms with Crippen LogP contribution in [-0.4, -0.2) is 21.7 Å². The maximum absolute atomic E-state index is 14.2. The summed E-state index contributed by atoms with van der Waals surface area (Å²) >= 11 is 1.31. The second-order valence-corrected chi connectivity index (χ2v) is 12.1. The van der Waals surface area contributed by atoms with E-state index < -0.39 is 12.0 Å². The van der Waals surface area contributed by atoms with Crippen LogP contribution in [-0.2, 0) is 16.1 Å². The molecular weight excluding hydrogens is 568 g/mol. The van der Waals surface area contributed by atoms with E-state index in [-0.39, 0.29) is 12.2 Å². The molecule has 0 saturated carbocycles. The highest BCUT2D eigenvalue weighted by atomic mass is 32.1. The minimum atomic E-state index is -0.655. The van der Waals surface area contributed by atoms with Crippen molar-refractivity contribution in [3.63, 3.8) is 0 Å². The van der Waals surface area contributed by atoms with E-state index in [1.54, 1.807) is 18.4 Å². The number of nitrogens with zero attached hydrogens (tertiary/aromatic N) is 4. The van der Waals surface area contributed by atoms with Crippen molar-refractivity contribution in [1.29, 1.82) is 5.26 Å². The number of esters is 1. The standard InChI is InChI=1S/C36H32N4O3S/c1-5-43-35(42)32-23(4)38-36-40(33(32)25-16-14-24(15-17-25)22(2)3)34(41)31(44-36)18-28-21-39(30-13-9-8-12-29(28)30)20-27-11-7-6-10-26(27)19-37/h6-18,21-22,33H,5,20H2,1-4H3/b31-18+/t33-/m1/s1. The Morgan fingerprint density at radius 1 is 1.09 bits per heavy atom. The number of allylic oxidation sites excluding steroid dienone is 1. The van der Waals surface area contributed by atoms with Crippen LogP contribution in [0.15, 0.2) is 100 Å². The number of carbonyl (C=O) groups excluding carboxylic acids is 1. The molecule has 0 N–H and O–H groups in total. The van der Waals surface area contributed by atoms with E-state index in [1.807, 2.05) is 85.1 Å². The number of fused-ring (bicyclic) bond motifs is 2. The third-order valence-electron chi connectivity index (χ3n) is 8.02. The number of thiazole rings is 1. The van der Waals surface area contributed by atoms with E-state index in [9.17, 15) is 14.9 Å². The van der Waals surface area contributed by atoms with Crippen LogP contribution in [0.4, 0.5) is 0 Å². The number of benzene rings is 3. The first-order valence-electron chi connectivity index (χ1n) is 14.7. The Balaban J connectivity index is 1.51. The normalized spacial score (nSPS) is 14.9. The van der Waals surface area contributed by atoms with Crippen LogP contribution in [0.2, 0.25) is 0 Å². The fourth-order valence-electron chi connectivity index (χ4n) is 5.78. The zero-order valence-corrected chi connectivity index (χ0v) is 25.9. The highest BCUT2D eigenvalue weighted by molar-refractivity contribution is 7.07. The fraction of sp³-hybridized carbons (Fsp3) is 0.222. The van der Waals surface area contributed by atoms with Gasteiger partial charge in [0.2, 0.25) is 0 Å². The first kappa shape index (κ1) is 29.1. The molecule has 1 atom stereocenters. The van der Waals surface area contributed by atoms with E-state index >= 15 is 0 Å². The third kappa shape index (κ3) is 5.20. The molecule has 0 fully saturated rings. The molecule has 0 amide bonds. The molecule has 0 unspecified atom stereocenters. The van der Waals surface area contributed by atoms with E-state index in [1.165, 1.54) is 16.9 Å². The summed E-state index contributed by atoms with van der Waals surface area (Å²) in [6.45, 7) is 8.57. The molecule has 3 heterocycles. The predicted octanol–water partition coefficient (Wildman–Crippen LogP) is 5.80. The van der Waals surface area contributed by atoms with Crippen molar-refractivity contribution in [1.82, 2.24) is 9.13 Å². The Morgan fingerprint density at radius 2 is 1.82 bits per heavy atom. The number of hydrogen-bond donors (Lipinski definition) is 0. The molecule has 0 spiro atoms. The van der Waals surface area contributed by atoms with Gasteiger partial charge in [0.25, 0.3) is 5.56 Å². The molecule has 0 radical (unpaired) electrons. The lowest BCUT2D eigenvalue weighted by Crippen LogP contribution is -2.39. The molecule has 1 aliphatic rings. The molecule has 8 heteroatoms. The molecule has 0 saturated heterocycles. The lowest BCUT2D eigenvalue weighted by Gasteiger charge is -2.25. The molecule has 7 nitrogen and oxygen atoms in total. The number of carbonyl (C=O) groups is 1. The van der Waals surface area contributed by atoms with Crippen LogP contribution in [0.1, 0.15) is 67.5 Å². The maximum Gasteiger partial charge on any atom is 0.338 e. The minimum absolute atomic E-state index is 0.215. The molecule has 3 aromatic carbocycles. The number of nitriles is 1. The number of hydrogen-bond acceptors (Lipinski definition) is 6. The minimum Gasteiger partial charge on any atom is -0.463 e. The van der Waals surface area contributed by atoms with Crippen LogP contribution in [0.25, 0.3) is 17.0 Å². The van der Waals surface area contributed by atoms with Gasteiger partial charge in [0.15, 0.2) is 4.80 Å². The fourth-order valence-corrected chi connectivity index (χ4v) is 6.82. The molecule has 0 bridgehead atoms. The number of aromatic nitrogens is 2. The van der Waals surface area contributed by atoms with Crippen molar-refractivity contribution in [3.8, 4) is 6.07 Å². The van der Waals surface area contributed by atoms with Gasteiger partial charge in [-0.2, -0.15) is 5.26 Å². The smallest absolute Gasteiger partial charge is 0.338 e. The summed E-state index contributed by atoms with van der Waals surface area (Å²) < 4.78 is 9.69. The summed E-state index contributed by atoms with van der Waals surface area (Å²) in [7, 11) is 0. The number of ether oxygens (including phenoxy) is 1. The molecule has 1 aliphatic heterocycles. The first-order chi connectivity index (χ1) is 21.3. The average Bonchev–Trinajstić information content (AvgIpc) is 3.52. The third-order valence-corrected chi connectivity index (χ3v) is 9.00. The van der Waals surface area contributed by atoms with E-state index in [0.29, 0.717) is 38.6 Å². The van der Waals surface area contributed by atoms with Crippen molar-refractivity contribution < 1.29 is 9.53 Å². The Hall–Kier alpha value is -5.00. The largest absolute Gasteiger partial charge is 0.463 e. The Labute approximate surface area is 259 Å². The van der Waals surface area contributed by atoms with E-state index in [2.05, 4.69) is 24.5 Å². The van der Waals surface area contributed by atoms with Crippen LogP contribution in [0.3, 0.4) is 0 Å². The van der Waals surface area contributed by atoms with Gasteiger partial charge in [0.1, 0.15) is 0 Å². The second-order valence-electron chi connectivity index (χ2n) is 11.1. The Bertz CT molecular complexity index is 2160. The van der Waals surface area contributed by atoms with Gasteiger partial charge in [-0.15, -0.1) is 0 Å². The van der Waals surface area contributed by atoms with Gasteiger partial charge in [-0.05, 0) is 54.7 Å². The van der Waals surface area contributed by atoms with Crippen LogP contribution >= 0.6 is 11.3 Å². The molecule has 6 rings (SSSR count). The van der Waals surface area contributed by atoms with Gasteiger partial charge in [-0.25, -0.2) is 9.79 Å². The molecule has 44 heavy (non-hydrogen) atoms. The SMILES string of the molecule is CCOC(=O)C1=C(C)N=c2s/c(=C/c3cn(Cc4ccccc4C#N)c4ccccc34)c(=O)n2[C@@H]1c1ccc(C(C)C)cc1. The number of rotatable bonds is 7. The van der Waals surface area contributed by atoms with Crippen molar-refractivity contribution in [2.45, 2.75) is 46.2 Å². The molecule has 5 aromatic rings. The lowest BCUT2D eigenvalue weighted by molar-refractivity contribution is -0.139. The van der Waals surface area contributed by atoms with Gasteiger partial charge < -0.3 is 9.30 Å². The van der Waals surface area contributed by atoms with E-state index in [4.69, 9.17) is 9.73 Å². The highest BCUT2D eigenvalue weighted by Crippen LogP contribution is 2.32. The zero-order valence-electron chi connectivity index (χ0n) is 25.1. The van der Waals surface area contributed by atoms with Crippen LogP contribution in [0, 0.1) is 11.3 Å². The second kappa shape index (κ2) is 11.9. The summed E-state index contributed by atoms with van der Waals surface area (Å²) in [6.07, 6.45) is 3.93. The van der Waals surface area contributed by atoms with Crippen molar-refractivity contribution >= 4 is 34.3 Å². The summed E-state index contributed by atoms with van der Waals surface area (Å²) in [6, 6.07) is 25.3. The van der Waals surface area contributed by atoms with Crippen LogP contribution in [0.5, 0.6) is 0 Å². The Morgan fingerprint density at radius 3 is 2.55 bits per heavy atom. The quantitative estimate of drug-likeness (QED) is 0.221. The monoisotopic (exact) mass is 600 g/mol. The summed E-state index contributed by atoms with van der Waals surface area (Å²) in [5.41, 5.74) is 6.15. The lowest BCUT2D eigenvalue weighted by atomic mass is 9.93. The summed E-state index contributed by atoms with van der Waals surface area (Å²) in [5.74, 6) is -0.120. The molecule has 0 aliphatic carbocycles.